The number of nitrogens with one attached hydrogen (secondary N) is 2. The van der Waals surface area contributed by atoms with Crippen LogP contribution in [0.1, 0.15) is 27.7 Å². The minimum Gasteiger partial charge on any atom is -0.363 e. The van der Waals surface area contributed by atoms with Gasteiger partial charge in [0.25, 0.3) is 0 Å². The van der Waals surface area contributed by atoms with E-state index in [0.717, 1.165) is 11.7 Å². The van der Waals surface area contributed by atoms with Gasteiger partial charge in [-0.2, -0.15) is 0 Å². The maximum atomic E-state index is 4.98. The highest BCUT2D eigenvalue weighted by Gasteiger charge is 2.09. The fourth-order valence-electron chi connectivity index (χ4n) is 0.545. The molecular formula is C7H16N2S. The zero-order chi connectivity index (χ0) is 8.20. The molecule has 0 aliphatic rings. The van der Waals surface area contributed by atoms with Gasteiger partial charge in [0.2, 0.25) is 0 Å². The Morgan fingerprint density at radius 1 is 1.40 bits per heavy atom. The molecule has 60 valence electrons. The van der Waals surface area contributed by atoms with Crippen LogP contribution in [0.15, 0.2) is 0 Å². The van der Waals surface area contributed by atoms with Crippen molar-refractivity contribution in [2.45, 2.75) is 33.2 Å². The van der Waals surface area contributed by atoms with Crippen LogP contribution in [0.25, 0.3) is 0 Å². The standard InChI is InChI=1S/C7H16N2S/c1-5-8-6(10)9-7(2,3)4/h5H2,1-4H3,(H2,8,9,10). The fourth-order valence-corrected chi connectivity index (χ4v) is 0.996. The molecule has 0 aromatic carbocycles. The van der Waals surface area contributed by atoms with Gasteiger partial charge in [0, 0.05) is 12.1 Å². The minimum atomic E-state index is 0.0687. The van der Waals surface area contributed by atoms with E-state index in [1.807, 2.05) is 6.92 Å². The van der Waals surface area contributed by atoms with Gasteiger partial charge < -0.3 is 10.6 Å². The first-order valence-corrected chi connectivity index (χ1v) is 3.92. The molecule has 0 saturated heterocycles. The summed E-state index contributed by atoms with van der Waals surface area (Å²) in [5, 5.41) is 6.89. The molecule has 0 atom stereocenters. The van der Waals surface area contributed by atoms with Crippen LogP contribution in [0.2, 0.25) is 0 Å². The predicted octanol–water partition coefficient (Wildman–Crippen LogP) is 1.27. The van der Waals surface area contributed by atoms with E-state index in [4.69, 9.17) is 12.2 Å². The Balaban J connectivity index is 3.58. The molecule has 0 spiro atoms. The highest BCUT2D eigenvalue weighted by atomic mass is 32.1. The SMILES string of the molecule is CCNC(=S)NC(C)(C)C. The second kappa shape index (κ2) is 3.76. The summed E-state index contributed by atoms with van der Waals surface area (Å²) >= 11 is 4.98. The van der Waals surface area contributed by atoms with E-state index in [9.17, 15) is 0 Å². The van der Waals surface area contributed by atoms with Crippen LogP contribution < -0.4 is 10.6 Å². The lowest BCUT2D eigenvalue weighted by Gasteiger charge is -2.22. The van der Waals surface area contributed by atoms with Gasteiger partial charge in [-0.15, -0.1) is 0 Å². The molecule has 0 unspecified atom stereocenters. The highest BCUT2D eigenvalue weighted by molar-refractivity contribution is 7.80. The quantitative estimate of drug-likeness (QED) is 0.565. The van der Waals surface area contributed by atoms with Crippen molar-refractivity contribution in [2.75, 3.05) is 6.54 Å². The van der Waals surface area contributed by atoms with Crippen LogP contribution in [-0.4, -0.2) is 17.2 Å². The lowest BCUT2D eigenvalue weighted by Crippen LogP contribution is -2.46. The van der Waals surface area contributed by atoms with Crippen molar-refractivity contribution in [3.8, 4) is 0 Å². The third-order valence-corrected chi connectivity index (χ3v) is 1.07. The largest absolute Gasteiger partial charge is 0.363 e. The van der Waals surface area contributed by atoms with Crippen molar-refractivity contribution in [3.05, 3.63) is 0 Å². The number of rotatable bonds is 1. The first-order valence-electron chi connectivity index (χ1n) is 3.51. The molecular weight excluding hydrogens is 144 g/mol. The Kier molecular flexibility index (Phi) is 3.64. The normalized spacial score (nSPS) is 10.8. The fraction of sp³-hybridized carbons (Fsp3) is 0.857. The van der Waals surface area contributed by atoms with Crippen LogP contribution in [0.3, 0.4) is 0 Å². The van der Waals surface area contributed by atoms with Crippen molar-refractivity contribution in [3.63, 3.8) is 0 Å². The smallest absolute Gasteiger partial charge is 0.166 e. The molecule has 0 amide bonds. The lowest BCUT2D eigenvalue weighted by atomic mass is 10.1. The summed E-state index contributed by atoms with van der Waals surface area (Å²) in [5.41, 5.74) is 0.0687. The van der Waals surface area contributed by atoms with Crippen molar-refractivity contribution >= 4 is 17.3 Å². The molecule has 10 heavy (non-hydrogen) atoms. The summed E-state index contributed by atoms with van der Waals surface area (Å²) in [5.74, 6) is 0. The van der Waals surface area contributed by atoms with E-state index in [0.29, 0.717) is 0 Å². The van der Waals surface area contributed by atoms with Crippen molar-refractivity contribution < 1.29 is 0 Å². The molecule has 0 radical (unpaired) electrons. The summed E-state index contributed by atoms with van der Waals surface area (Å²) in [6, 6.07) is 0. The summed E-state index contributed by atoms with van der Waals surface area (Å²) in [7, 11) is 0. The summed E-state index contributed by atoms with van der Waals surface area (Å²) in [4.78, 5) is 0. The molecule has 0 saturated carbocycles. The van der Waals surface area contributed by atoms with Gasteiger partial charge in [0.1, 0.15) is 0 Å². The van der Waals surface area contributed by atoms with Gasteiger partial charge in [-0.05, 0) is 39.9 Å². The van der Waals surface area contributed by atoms with Crippen LogP contribution in [0, 0.1) is 0 Å². The predicted molar refractivity (Wildman–Crippen MR) is 49.2 cm³/mol. The van der Waals surface area contributed by atoms with Gasteiger partial charge in [-0.3, -0.25) is 0 Å². The van der Waals surface area contributed by atoms with Gasteiger partial charge in [0.05, 0.1) is 0 Å². The third-order valence-electron chi connectivity index (χ3n) is 0.826. The molecule has 0 fully saturated rings. The van der Waals surface area contributed by atoms with E-state index in [1.54, 1.807) is 0 Å². The van der Waals surface area contributed by atoms with E-state index in [-0.39, 0.29) is 5.54 Å². The van der Waals surface area contributed by atoms with Gasteiger partial charge in [-0.25, -0.2) is 0 Å². The van der Waals surface area contributed by atoms with Crippen LogP contribution in [0.5, 0.6) is 0 Å². The van der Waals surface area contributed by atoms with Crippen LogP contribution in [-0.2, 0) is 0 Å². The zero-order valence-corrected chi connectivity index (χ0v) is 7.93. The second-order valence-electron chi connectivity index (χ2n) is 3.23. The molecule has 0 aromatic rings. The molecule has 0 aliphatic heterocycles. The Bertz CT molecular complexity index is 115. The van der Waals surface area contributed by atoms with Gasteiger partial charge in [-0.1, -0.05) is 0 Å². The average Bonchev–Trinajstić information content (AvgIpc) is 1.59. The molecule has 0 bridgehead atoms. The average molecular weight is 160 g/mol. The molecule has 0 rings (SSSR count). The summed E-state index contributed by atoms with van der Waals surface area (Å²) in [6.07, 6.45) is 0. The molecule has 2 N–H and O–H groups in total. The van der Waals surface area contributed by atoms with E-state index in [2.05, 4.69) is 31.4 Å². The molecule has 0 heterocycles. The number of hydrogen-bond acceptors (Lipinski definition) is 1. The lowest BCUT2D eigenvalue weighted by molar-refractivity contribution is 0.507. The maximum Gasteiger partial charge on any atom is 0.166 e. The minimum absolute atomic E-state index is 0.0687. The Labute approximate surface area is 68.4 Å². The molecule has 0 aromatic heterocycles. The third kappa shape index (κ3) is 5.82. The van der Waals surface area contributed by atoms with Crippen molar-refractivity contribution in [1.82, 2.24) is 10.6 Å². The van der Waals surface area contributed by atoms with Crippen molar-refractivity contribution in [2.24, 2.45) is 0 Å². The monoisotopic (exact) mass is 160 g/mol. The first-order chi connectivity index (χ1) is 4.45. The second-order valence-corrected chi connectivity index (χ2v) is 3.64. The van der Waals surface area contributed by atoms with E-state index in [1.165, 1.54) is 0 Å². The topological polar surface area (TPSA) is 24.1 Å². The number of thiocarbonyl (C=S) groups is 1. The Morgan fingerprint density at radius 3 is 2.20 bits per heavy atom. The first kappa shape index (κ1) is 9.69. The Hall–Kier alpha value is -0.310. The summed E-state index contributed by atoms with van der Waals surface area (Å²) < 4.78 is 0. The van der Waals surface area contributed by atoms with Crippen LogP contribution in [0.4, 0.5) is 0 Å². The maximum absolute atomic E-state index is 4.98. The van der Waals surface area contributed by atoms with Gasteiger partial charge in [0.15, 0.2) is 5.11 Å². The van der Waals surface area contributed by atoms with Crippen LogP contribution >= 0.6 is 12.2 Å². The number of hydrogen-bond donors (Lipinski definition) is 2. The van der Waals surface area contributed by atoms with E-state index < -0.39 is 0 Å². The zero-order valence-electron chi connectivity index (χ0n) is 7.12. The van der Waals surface area contributed by atoms with Crippen molar-refractivity contribution in [1.29, 1.82) is 0 Å². The Morgan fingerprint density at radius 2 is 1.90 bits per heavy atom. The van der Waals surface area contributed by atoms with Gasteiger partial charge >= 0.3 is 0 Å². The highest BCUT2D eigenvalue weighted by Crippen LogP contribution is 1.97. The summed E-state index contributed by atoms with van der Waals surface area (Å²) in [6.45, 7) is 9.14. The molecule has 0 aliphatic carbocycles. The molecule has 3 heteroatoms. The molecule has 2 nitrogen and oxygen atoms in total. The van der Waals surface area contributed by atoms with E-state index >= 15 is 0 Å².